The van der Waals surface area contributed by atoms with Gasteiger partial charge in [0.15, 0.2) is 0 Å². The Kier molecular flexibility index (Phi) is 2.86. The van der Waals surface area contributed by atoms with Crippen molar-refractivity contribution in [3.8, 4) is 11.5 Å². The maximum Gasteiger partial charge on any atom is 0.235 e. The van der Waals surface area contributed by atoms with E-state index in [2.05, 4.69) is 4.99 Å². The molecule has 5 heteroatoms. The van der Waals surface area contributed by atoms with E-state index in [0.29, 0.717) is 12.8 Å². The zero-order valence-electron chi connectivity index (χ0n) is 9.36. The van der Waals surface area contributed by atoms with Gasteiger partial charge in [-0.25, -0.2) is 9.18 Å². The van der Waals surface area contributed by atoms with Gasteiger partial charge in [-0.15, -0.1) is 0 Å². The van der Waals surface area contributed by atoms with E-state index in [-0.39, 0.29) is 17.1 Å². The van der Waals surface area contributed by atoms with Gasteiger partial charge in [0, 0.05) is 12.1 Å². The van der Waals surface area contributed by atoms with Crippen molar-refractivity contribution in [1.29, 1.82) is 0 Å². The van der Waals surface area contributed by atoms with Gasteiger partial charge in [-0.05, 0) is 19.3 Å². The Labute approximate surface area is 97.7 Å². The second-order valence-corrected chi connectivity index (χ2v) is 4.09. The average molecular weight is 237 g/mol. The first-order chi connectivity index (χ1) is 8.13. The van der Waals surface area contributed by atoms with E-state index < -0.39 is 11.4 Å². The van der Waals surface area contributed by atoms with Crippen LogP contribution in [0.25, 0.3) is 0 Å². The Morgan fingerprint density at radius 2 is 2.24 bits per heavy atom. The highest BCUT2D eigenvalue weighted by Gasteiger charge is 2.43. The Hall–Kier alpha value is -1.87. The highest BCUT2D eigenvalue weighted by molar-refractivity contribution is 5.48. The maximum absolute atomic E-state index is 13.9. The lowest BCUT2D eigenvalue weighted by Gasteiger charge is -2.37. The molecule has 0 bridgehead atoms. The lowest BCUT2D eigenvalue weighted by atomic mass is 9.72. The molecule has 1 aliphatic rings. The van der Waals surface area contributed by atoms with E-state index >= 15 is 0 Å². The summed E-state index contributed by atoms with van der Waals surface area (Å²) >= 11 is 0. The fourth-order valence-corrected chi connectivity index (χ4v) is 2.16. The molecule has 0 amide bonds. The van der Waals surface area contributed by atoms with Crippen LogP contribution in [0.3, 0.4) is 0 Å². The fraction of sp³-hybridized carbons (Fsp3) is 0.417. The molecule has 0 atom stereocenters. The number of aliphatic imine (C=N–C) groups is 1. The van der Waals surface area contributed by atoms with E-state index in [4.69, 9.17) is 4.74 Å². The van der Waals surface area contributed by atoms with Crippen molar-refractivity contribution >= 4 is 6.08 Å². The predicted octanol–water partition coefficient (Wildman–Crippen LogP) is 2.25. The molecule has 0 aromatic heterocycles. The van der Waals surface area contributed by atoms with E-state index in [1.54, 1.807) is 0 Å². The number of rotatable bonds is 3. The molecule has 0 aliphatic heterocycles. The molecule has 0 unspecified atom stereocenters. The summed E-state index contributed by atoms with van der Waals surface area (Å²) in [7, 11) is 1.39. The van der Waals surface area contributed by atoms with Crippen LogP contribution in [0.4, 0.5) is 4.39 Å². The molecule has 90 valence electrons. The van der Waals surface area contributed by atoms with Crippen LogP contribution in [0.1, 0.15) is 24.8 Å². The largest absolute Gasteiger partial charge is 0.507 e. The Morgan fingerprint density at radius 1 is 1.53 bits per heavy atom. The first kappa shape index (κ1) is 11.6. The first-order valence-corrected chi connectivity index (χ1v) is 5.29. The van der Waals surface area contributed by atoms with Gasteiger partial charge in [-0.2, -0.15) is 4.99 Å². The highest BCUT2D eigenvalue weighted by atomic mass is 19.1. The summed E-state index contributed by atoms with van der Waals surface area (Å²) < 4.78 is 18.8. The molecule has 1 aliphatic carbocycles. The van der Waals surface area contributed by atoms with E-state index in [1.165, 1.54) is 25.3 Å². The number of methoxy groups -OCH3 is 1. The quantitative estimate of drug-likeness (QED) is 0.648. The SMILES string of the molecule is COc1cc(O)c(C2(N=C=O)CCC2)c(F)c1. The number of isocyanates is 1. The van der Waals surface area contributed by atoms with Gasteiger partial charge in [0.1, 0.15) is 22.9 Å². The number of benzene rings is 1. The molecule has 1 fully saturated rings. The third kappa shape index (κ3) is 1.78. The summed E-state index contributed by atoms with van der Waals surface area (Å²) in [4.78, 5) is 14.1. The van der Waals surface area contributed by atoms with E-state index in [1.807, 2.05) is 0 Å². The van der Waals surface area contributed by atoms with Crippen molar-refractivity contribution in [2.45, 2.75) is 24.8 Å². The maximum atomic E-state index is 13.9. The number of phenols is 1. The molecule has 0 radical (unpaired) electrons. The van der Waals surface area contributed by atoms with Crippen LogP contribution in [0.2, 0.25) is 0 Å². The average Bonchev–Trinajstić information content (AvgIpc) is 2.24. The van der Waals surface area contributed by atoms with E-state index in [0.717, 1.165) is 6.42 Å². The van der Waals surface area contributed by atoms with Gasteiger partial charge < -0.3 is 9.84 Å². The summed E-state index contributed by atoms with van der Waals surface area (Å²) in [6, 6.07) is 2.49. The number of carbonyl (C=O) groups excluding carboxylic acids is 1. The monoisotopic (exact) mass is 237 g/mol. The molecule has 1 N–H and O–H groups in total. The number of nitrogens with zero attached hydrogens (tertiary/aromatic N) is 1. The molecule has 17 heavy (non-hydrogen) atoms. The highest BCUT2D eigenvalue weighted by Crippen LogP contribution is 2.49. The third-order valence-corrected chi connectivity index (χ3v) is 3.18. The number of hydrogen-bond acceptors (Lipinski definition) is 4. The second-order valence-electron chi connectivity index (χ2n) is 4.09. The second kappa shape index (κ2) is 4.18. The van der Waals surface area contributed by atoms with Gasteiger partial charge in [0.05, 0.1) is 12.7 Å². The predicted molar refractivity (Wildman–Crippen MR) is 58.3 cm³/mol. The van der Waals surface area contributed by atoms with E-state index in [9.17, 15) is 14.3 Å². The number of hydrogen-bond donors (Lipinski definition) is 1. The number of aromatic hydroxyl groups is 1. The van der Waals surface area contributed by atoms with Crippen LogP contribution in [0.15, 0.2) is 17.1 Å². The first-order valence-electron chi connectivity index (χ1n) is 5.29. The Bertz CT molecular complexity index is 468. The minimum Gasteiger partial charge on any atom is -0.507 e. The fourth-order valence-electron chi connectivity index (χ4n) is 2.16. The van der Waals surface area contributed by atoms with Gasteiger partial charge in [0.25, 0.3) is 0 Å². The van der Waals surface area contributed by atoms with Crippen LogP contribution in [0.5, 0.6) is 11.5 Å². The zero-order valence-corrected chi connectivity index (χ0v) is 9.36. The number of phenolic OH excluding ortho intramolecular Hbond substituents is 1. The van der Waals surface area contributed by atoms with Crippen molar-refractivity contribution in [3.63, 3.8) is 0 Å². The molecular weight excluding hydrogens is 225 g/mol. The smallest absolute Gasteiger partial charge is 0.235 e. The molecule has 0 heterocycles. The minimum absolute atomic E-state index is 0.0629. The van der Waals surface area contributed by atoms with Crippen LogP contribution < -0.4 is 4.74 Å². The van der Waals surface area contributed by atoms with Crippen molar-refractivity contribution in [3.05, 3.63) is 23.5 Å². The normalized spacial score (nSPS) is 16.8. The van der Waals surface area contributed by atoms with Gasteiger partial charge in [-0.1, -0.05) is 0 Å². The lowest BCUT2D eigenvalue weighted by molar-refractivity contribution is 0.238. The summed E-state index contributed by atoms with van der Waals surface area (Å²) in [5, 5.41) is 9.82. The van der Waals surface area contributed by atoms with Crippen molar-refractivity contribution in [1.82, 2.24) is 0 Å². The summed E-state index contributed by atoms with van der Waals surface area (Å²) in [6.45, 7) is 0. The summed E-state index contributed by atoms with van der Waals surface area (Å²) in [5.74, 6) is -0.616. The van der Waals surface area contributed by atoms with Gasteiger partial charge in [-0.3, -0.25) is 0 Å². The minimum atomic E-state index is -0.942. The lowest BCUT2D eigenvalue weighted by Crippen LogP contribution is -2.33. The van der Waals surface area contributed by atoms with Crippen LogP contribution in [-0.2, 0) is 10.3 Å². The molecular formula is C12H12FNO3. The Balaban J connectivity index is 2.55. The summed E-state index contributed by atoms with van der Waals surface area (Å²) in [6.07, 6.45) is 3.38. The zero-order chi connectivity index (χ0) is 12.5. The molecule has 1 aromatic carbocycles. The number of halogens is 1. The topological polar surface area (TPSA) is 58.9 Å². The molecule has 0 spiro atoms. The van der Waals surface area contributed by atoms with Crippen molar-refractivity contribution in [2.24, 2.45) is 4.99 Å². The van der Waals surface area contributed by atoms with Crippen LogP contribution in [0, 0.1) is 5.82 Å². The standard InChI is InChI=1S/C12H12FNO3/c1-17-8-5-9(13)11(10(16)6-8)12(14-7-15)3-2-4-12/h5-6,16H,2-4H2,1H3. The Morgan fingerprint density at radius 3 is 2.65 bits per heavy atom. The molecule has 4 nitrogen and oxygen atoms in total. The molecule has 1 saturated carbocycles. The number of ether oxygens (including phenoxy) is 1. The van der Waals surface area contributed by atoms with Crippen LogP contribution in [-0.4, -0.2) is 18.3 Å². The van der Waals surface area contributed by atoms with Gasteiger partial charge >= 0.3 is 0 Å². The molecule has 1 aromatic rings. The molecule has 0 saturated heterocycles. The van der Waals surface area contributed by atoms with Crippen molar-refractivity contribution < 1.29 is 19.0 Å². The summed E-state index contributed by atoms with van der Waals surface area (Å²) in [5.41, 5.74) is -0.879. The van der Waals surface area contributed by atoms with Gasteiger partial charge in [0.2, 0.25) is 6.08 Å². The molecule has 2 rings (SSSR count). The third-order valence-electron chi connectivity index (χ3n) is 3.18. The van der Waals surface area contributed by atoms with Crippen LogP contribution >= 0.6 is 0 Å². The van der Waals surface area contributed by atoms with Crippen molar-refractivity contribution in [2.75, 3.05) is 7.11 Å².